The van der Waals surface area contributed by atoms with E-state index < -0.39 is 6.09 Å². The zero-order chi connectivity index (χ0) is 22.6. The molecule has 3 aromatic carbocycles. The molecule has 5 rings (SSSR count). The van der Waals surface area contributed by atoms with Gasteiger partial charge in [0, 0.05) is 25.6 Å². The summed E-state index contributed by atoms with van der Waals surface area (Å²) in [5, 5.41) is 0. The first-order valence-electron chi connectivity index (χ1n) is 11.5. The van der Waals surface area contributed by atoms with E-state index in [4.69, 9.17) is 4.74 Å². The largest absolute Gasteiger partial charge is 0.447 e. The molecule has 2 aliphatic rings. The summed E-state index contributed by atoms with van der Waals surface area (Å²) in [6, 6.07) is 30.2. The van der Waals surface area contributed by atoms with Crippen LogP contribution in [0.3, 0.4) is 0 Å². The Bertz CT molecular complexity index is 1090. The van der Waals surface area contributed by atoms with Gasteiger partial charge in [-0.3, -0.25) is 9.69 Å². The smallest absolute Gasteiger partial charge is 0.416 e. The van der Waals surface area contributed by atoms with Crippen LogP contribution >= 0.6 is 0 Å². The van der Waals surface area contributed by atoms with Gasteiger partial charge in [-0.05, 0) is 23.1 Å². The Morgan fingerprint density at radius 2 is 1.42 bits per heavy atom. The molecule has 0 N–H and O–H groups in total. The van der Waals surface area contributed by atoms with Crippen LogP contribution in [0.25, 0.3) is 0 Å². The Morgan fingerprint density at radius 3 is 2.09 bits per heavy atom. The van der Waals surface area contributed by atoms with Crippen molar-refractivity contribution in [2.24, 2.45) is 5.92 Å². The highest BCUT2D eigenvalue weighted by atomic mass is 16.6. The summed E-state index contributed by atoms with van der Waals surface area (Å²) in [6.07, 6.45) is 0.0867. The van der Waals surface area contributed by atoms with E-state index in [1.54, 1.807) is 0 Å². The molecule has 5 nitrogen and oxygen atoms in total. The summed E-state index contributed by atoms with van der Waals surface area (Å²) >= 11 is 0. The number of hydrogen-bond acceptors (Lipinski definition) is 4. The summed E-state index contributed by atoms with van der Waals surface area (Å²) in [5.74, 6) is -0.379. The van der Waals surface area contributed by atoms with Crippen LogP contribution < -0.4 is 0 Å². The van der Waals surface area contributed by atoms with Crippen molar-refractivity contribution in [1.29, 1.82) is 0 Å². The molecule has 0 aliphatic carbocycles. The van der Waals surface area contributed by atoms with Gasteiger partial charge in [-0.1, -0.05) is 91.0 Å². The van der Waals surface area contributed by atoms with E-state index in [0.29, 0.717) is 13.0 Å². The highest BCUT2D eigenvalue weighted by molar-refractivity contribution is 5.95. The number of ether oxygens (including phenoxy) is 1. The monoisotopic (exact) mass is 440 g/mol. The lowest BCUT2D eigenvalue weighted by atomic mass is 9.87. The third-order valence-corrected chi connectivity index (χ3v) is 6.70. The number of hydrogen-bond donors (Lipinski definition) is 0. The molecule has 3 unspecified atom stereocenters. The number of benzene rings is 3. The second-order valence-electron chi connectivity index (χ2n) is 8.93. The number of carbonyl (C=O) groups excluding carboxylic acids is 2. The van der Waals surface area contributed by atoms with Crippen LogP contribution in [0.2, 0.25) is 0 Å². The maximum Gasteiger partial charge on any atom is 0.416 e. The van der Waals surface area contributed by atoms with Crippen LogP contribution in [0, 0.1) is 5.92 Å². The van der Waals surface area contributed by atoms with Crippen molar-refractivity contribution in [1.82, 2.24) is 9.80 Å². The van der Waals surface area contributed by atoms with Gasteiger partial charge in [-0.15, -0.1) is 0 Å². The summed E-state index contributed by atoms with van der Waals surface area (Å²) in [4.78, 5) is 30.2. The molecular weight excluding hydrogens is 412 g/mol. The van der Waals surface area contributed by atoms with E-state index in [2.05, 4.69) is 29.2 Å². The van der Waals surface area contributed by atoms with E-state index in [-0.39, 0.29) is 30.4 Å². The molecule has 3 aromatic rings. The third-order valence-electron chi connectivity index (χ3n) is 6.70. The van der Waals surface area contributed by atoms with Gasteiger partial charge in [0.05, 0.1) is 12.0 Å². The normalized spacial score (nSPS) is 23.0. The lowest BCUT2D eigenvalue weighted by Crippen LogP contribution is -2.45. The van der Waals surface area contributed by atoms with Crippen molar-refractivity contribution >= 4 is 12.0 Å². The van der Waals surface area contributed by atoms with Crippen molar-refractivity contribution in [3.05, 3.63) is 108 Å². The fourth-order valence-corrected chi connectivity index (χ4v) is 5.09. The van der Waals surface area contributed by atoms with Crippen molar-refractivity contribution in [2.75, 3.05) is 19.7 Å². The van der Waals surface area contributed by atoms with Crippen LogP contribution in [0.15, 0.2) is 91.0 Å². The average Bonchev–Trinajstić information content (AvgIpc) is 3.44. The van der Waals surface area contributed by atoms with Crippen molar-refractivity contribution in [2.45, 2.75) is 24.9 Å². The Balaban J connectivity index is 1.39. The second kappa shape index (κ2) is 9.59. The van der Waals surface area contributed by atoms with Crippen LogP contribution in [-0.4, -0.2) is 47.5 Å². The van der Waals surface area contributed by atoms with E-state index in [1.165, 1.54) is 10.5 Å². The topological polar surface area (TPSA) is 49.9 Å². The van der Waals surface area contributed by atoms with Gasteiger partial charge in [0.2, 0.25) is 5.91 Å². The van der Waals surface area contributed by atoms with Crippen LogP contribution in [0.1, 0.15) is 22.6 Å². The molecule has 2 saturated heterocycles. The molecule has 3 atom stereocenters. The third kappa shape index (κ3) is 4.69. The molecule has 0 saturated carbocycles. The van der Waals surface area contributed by atoms with Crippen LogP contribution in [0.5, 0.6) is 0 Å². The zero-order valence-corrected chi connectivity index (χ0v) is 18.5. The van der Waals surface area contributed by atoms with Crippen LogP contribution in [0.4, 0.5) is 4.79 Å². The van der Waals surface area contributed by atoms with Gasteiger partial charge in [0.1, 0.15) is 6.61 Å². The molecule has 2 fully saturated rings. The first kappa shape index (κ1) is 21.4. The predicted octanol–water partition coefficient (Wildman–Crippen LogP) is 4.49. The molecule has 2 heterocycles. The number of imide groups is 1. The first-order valence-corrected chi connectivity index (χ1v) is 11.5. The number of amides is 2. The summed E-state index contributed by atoms with van der Waals surface area (Å²) in [5.41, 5.74) is 3.45. The van der Waals surface area contributed by atoms with Gasteiger partial charge in [-0.2, -0.15) is 0 Å². The molecule has 0 spiro atoms. The fourth-order valence-electron chi connectivity index (χ4n) is 5.09. The molecule has 168 valence electrons. The van der Waals surface area contributed by atoms with Crippen molar-refractivity contribution < 1.29 is 14.3 Å². The van der Waals surface area contributed by atoms with E-state index in [9.17, 15) is 9.59 Å². The Labute approximate surface area is 194 Å². The molecule has 0 bridgehead atoms. The lowest BCUT2D eigenvalue weighted by molar-refractivity contribution is -0.133. The van der Waals surface area contributed by atoms with Crippen LogP contribution in [-0.2, 0) is 22.5 Å². The maximum atomic E-state index is 13.8. The lowest BCUT2D eigenvalue weighted by Gasteiger charge is -2.26. The van der Waals surface area contributed by atoms with Gasteiger partial charge >= 0.3 is 6.09 Å². The summed E-state index contributed by atoms with van der Waals surface area (Å²) in [6.45, 7) is 2.43. The van der Waals surface area contributed by atoms with Gasteiger partial charge in [0.15, 0.2) is 0 Å². The van der Waals surface area contributed by atoms with Crippen molar-refractivity contribution in [3.8, 4) is 0 Å². The molecule has 0 radical (unpaired) electrons. The standard InChI is InChI=1S/C28H28N2O3/c31-27(30-24(20-33-28(30)32)16-21-10-4-1-5-11-21)26-19-29(17-22-12-6-2-7-13-22)18-25(26)23-14-8-3-9-15-23/h1-15,24-26H,16-20H2. The molecule has 2 amide bonds. The minimum absolute atomic E-state index is 0.0354. The molecule has 33 heavy (non-hydrogen) atoms. The Morgan fingerprint density at radius 1 is 0.818 bits per heavy atom. The number of carbonyl (C=O) groups is 2. The molecule has 5 heteroatoms. The number of rotatable bonds is 6. The minimum Gasteiger partial charge on any atom is -0.447 e. The van der Waals surface area contributed by atoms with Gasteiger partial charge < -0.3 is 4.74 Å². The molecular formula is C28H28N2O3. The predicted molar refractivity (Wildman–Crippen MR) is 127 cm³/mol. The minimum atomic E-state index is -0.519. The average molecular weight is 441 g/mol. The van der Waals surface area contributed by atoms with E-state index in [1.807, 2.05) is 66.7 Å². The summed E-state index contributed by atoms with van der Waals surface area (Å²) < 4.78 is 5.35. The Kier molecular flexibility index (Phi) is 6.22. The van der Waals surface area contributed by atoms with E-state index >= 15 is 0 Å². The zero-order valence-electron chi connectivity index (χ0n) is 18.5. The van der Waals surface area contributed by atoms with Gasteiger partial charge in [0.25, 0.3) is 0 Å². The quantitative estimate of drug-likeness (QED) is 0.567. The fraction of sp³-hybridized carbons (Fsp3) is 0.286. The SMILES string of the molecule is O=C1OCC(Cc2ccccc2)N1C(=O)C1CN(Cc2ccccc2)CC1c1ccccc1. The van der Waals surface area contributed by atoms with Crippen molar-refractivity contribution in [3.63, 3.8) is 0 Å². The first-order chi connectivity index (χ1) is 16.2. The summed E-state index contributed by atoms with van der Waals surface area (Å²) in [7, 11) is 0. The number of cyclic esters (lactones) is 1. The second-order valence-corrected chi connectivity index (χ2v) is 8.93. The number of likely N-dealkylation sites (tertiary alicyclic amines) is 1. The highest BCUT2D eigenvalue weighted by Crippen LogP contribution is 2.36. The highest BCUT2D eigenvalue weighted by Gasteiger charge is 2.46. The Hall–Kier alpha value is -3.44. The molecule has 0 aromatic heterocycles. The number of nitrogens with zero attached hydrogens (tertiary/aromatic N) is 2. The molecule has 2 aliphatic heterocycles. The van der Waals surface area contributed by atoms with E-state index in [0.717, 1.165) is 24.2 Å². The maximum absolute atomic E-state index is 13.8. The van der Waals surface area contributed by atoms with Gasteiger partial charge in [-0.25, -0.2) is 9.69 Å².